The van der Waals surface area contributed by atoms with Crippen LogP contribution in [0.2, 0.25) is 5.02 Å². The van der Waals surface area contributed by atoms with Crippen LogP contribution in [0.1, 0.15) is 24.4 Å². The Labute approximate surface area is 114 Å². The summed E-state index contributed by atoms with van der Waals surface area (Å²) in [6, 6.07) is 6.23. The zero-order valence-electron chi connectivity index (χ0n) is 11.0. The maximum Gasteiger partial charge on any atom is 0.120 e. The molecule has 1 saturated heterocycles. The van der Waals surface area contributed by atoms with Crippen molar-refractivity contribution in [2.75, 3.05) is 27.2 Å². The molecule has 0 saturated carbocycles. The third-order valence-electron chi connectivity index (χ3n) is 3.66. The van der Waals surface area contributed by atoms with Gasteiger partial charge >= 0.3 is 0 Å². The molecule has 0 spiro atoms. The molecule has 2 N–H and O–H groups in total. The van der Waals surface area contributed by atoms with Crippen LogP contribution >= 0.6 is 11.6 Å². The fourth-order valence-corrected chi connectivity index (χ4v) is 2.87. The summed E-state index contributed by atoms with van der Waals surface area (Å²) in [5.74, 6) is 1.54. The number of nitrogens with one attached hydrogen (secondary N) is 2. The highest BCUT2D eigenvalue weighted by Gasteiger charge is 2.21. The molecule has 1 heterocycles. The van der Waals surface area contributed by atoms with E-state index < -0.39 is 0 Å². The third kappa shape index (κ3) is 3.16. The number of hydrogen-bond acceptors (Lipinski definition) is 3. The van der Waals surface area contributed by atoms with Crippen molar-refractivity contribution in [3.8, 4) is 5.75 Å². The van der Waals surface area contributed by atoms with Gasteiger partial charge in [-0.05, 0) is 56.6 Å². The Morgan fingerprint density at radius 3 is 2.94 bits per heavy atom. The molecule has 2 unspecified atom stereocenters. The van der Waals surface area contributed by atoms with Gasteiger partial charge in [-0.1, -0.05) is 17.7 Å². The average molecular weight is 269 g/mol. The van der Waals surface area contributed by atoms with Crippen LogP contribution in [-0.4, -0.2) is 27.2 Å². The Balaban J connectivity index is 2.10. The van der Waals surface area contributed by atoms with E-state index in [1.807, 2.05) is 19.2 Å². The lowest BCUT2D eigenvalue weighted by atomic mass is 9.94. The first kappa shape index (κ1) is 13.7. The van der Waals surface area contributed by atoms with Crippen molar-refractivity contribution < 1.29 is 4.74 Å². The van der Waals surface area contributed by atoms with Gasteiger partial charge in [0.2, 0.25) is 0 Å². The van der Waals surface area contributed by atoms with Crippen molar-refractivity contribution in [3.05, 3.63) is 28.8 Å². The summed E-state index contributed by atoms with van der Waals surface area (Å²) < 4.78 is 5.18. The fourth-order valence-electron chi connectivity index (χ4n) is 2.57. The molecule has 3 nitrogen and oxygen atoms in total. The molecule has 1 aliphatic heterocycles. The van der Waals surface area contributed by atoms with Crippen molar-refractivity contribution in [2.45, 2.75) is 18.9 Å². The molecule has 0 bridgehead atoms. The maximum absolute atomic E-state index is 6.33. The summed E-state index contributed by atoms with van der Waals surface area (Å²) in [7, 11) is 3.65. The maximum atomic E-state index is 6.33. The predicted octanol–water partition coefficient (Wildman–Crippen LogP) is 2.61. The molecule has 1 aromatic rings. The van der Waals surface area contributed by atoms with Crippen LogP contribution in [-0.2, 0) is 0 Å². The number of ether oxygens (including phenoxy) is 1. The van der Waals surface area contributed by atoms with Gasteiger partial charge in [-0.15, -0.1) is 0 Å². The standard InChI is InChI=1S/C14H21ClN2O/c1-16-14(7-10-5-6-17-9-10)12-4-3-11(18-2)8-13(12)15/h3-4,8,10,14,16-17H,5-7,9H2,1-2H3. The van der Waals surface area contributed by atoms with E-state index in [9.17, 15) is 0 Å². The first-order chi connectivity index (χ1) is 8.74. The number of rotatable bonds is 5. The predicted molar refractivity (Wildman–Crippen MR) is 75.4 cm³/mol. The van der Waals surface area contributed by atoms with E-state index in [2.05, 4.69) is 16.7 Å². The molecule has 1 aromatic carbocycles. The van der Waals surface area contributed by atoms with Gasteiger partial charge in [0.15, 0.2) is 0 Å². The van der Waals surface area contributed by atoms with Gasteiger partial charge in [-0.2, -0.15) is 0 Å². The van der Waals surface area contributed by atoms with Gasteiger partial charge in [0.25, 0.3) is 0 Å². The first-order valence-electron chi connectivity index (χ1n) is 6.46. The second-order valence-electron chi connectivity index (χ2n) is 4.82. The second kappa shape index (κ2) is 6.41. The minimum Gasteiger partial charge on any atom is -0.497 e. The van der Waals surface area contributed by atoms with E-state index >= 15 is 0 Å². The lowest BCUT2D eigenvalue weighted by molar-refractivity contribution is 0.412. The summed E-state index contributed by atoms with van der Waals surface area (Å²) in [6.07, 6.45) is 2.38. The number of halogens is 1. The smallest absolute Gasteiger partial charge is 0.120 e. The molecule has 0 radical (unpaired) electrons. The Kier molecular flexibility index (Phi) is 4.87. The van der Waals surface area contributed by atoms with E-state index in [-0.39, 0.29) is 0 Å². The van der Waals surface area contributed by atoms with Gasteiger partial charge in [0.1, 0.15) is 5.75 Å². The molecule has 0 amide bonds. The van der Waals surface area contributed by atoms with Crippen LogP contribution in [0.25, 0.3) is 0 Å². The molecule has 0 aromatic heterocycles. The first-order valence-corrected chi connectivity index (χ1v) is 6.83. The monoisotopic (exact) mass is 268 g/mol. The highest BCUT2D eigenvalue weighted by atomic mass is 35.5. The van der Waals surface area contributed by atoms with E-state index in [1.54, 1.807) is 7.11 Å². The van der Waals surface area contributed by atoms with Crippen LogP contribution in [0.15, 0.2) is 18.2 Å². The SMILES string of the molecule is CNC(CC1CCNC1)c1ccc(OC)cc1Cl. The zero-order chi connectivity index (χ0) is 13.0. The van der Waals surface area contributed by atoms with E-state index in [1.165, 1.54) is 6.42 Å². The largest absolute Gasteiger partial charge is 0.497 e. The topological polar surface area (TPSA) is 33.3 Å². The molecular formula is C14H21ClN2O. The van der Waals surface area contributed by atoms with Gasteiger partial charge in [0.05, 0.1) is 7.11 Å². The molecule has 0 aliphatic carbocycles. The average Bonchev–Trinajstić information content (AvgIpc) is 2.89. The van der Waals surface area contributed by atoms with Crippen molar-refractivity contribution in [2.24, 2.45) is 5.92 Å². The van der Waals surface area contributed by atoms with E-state index in [0.29, 0.717) is 6.04 Å². The van der Waals surface area contributed by atoms with Gasteiger partial charge in [-0.25, -0.2) is 0 Å². The number of methoxy groups -OCH3 is 1. The van der Waals surface area contributed by atoms with Crippen molar-refractivity contribution in [3.63, 3.8) is 0 Å². The Bertz CT molecular complexity index is 391. The highest BCUT2D eigenvalue weighted by molar-refractivity contribution is 6.31. The molecule has 4 heteroatoms. The van der Waals surface area contributed by atoms with Crippen LogP contribution in [0.3, 0.4) is 0 Å². The molecule has 1 aliphatic rings. The second-order valence-corrected chi connectivity index (χ2v) is 5.23. The lowest BCUT2D eigenvalue weighted by Crippen LogP contribution is -2.21. The molecular weight excluding hydrogens is 248 g/mol. The van der Waals surface area contributed by atoms with Crippen molar-refractivity contribution in [1.29, 1.82) is 0 Å². The number of benzene rings is 1. The van der Waals surface area contributed by atoms with Crippen molar-refractivity contribution >= 4 is 11.6 Å². The molecule has 1 fully saturated rings. The Morgan fingerprint density at radius 1 is 1.56 bits per heavy atom. The lowest BCUT2D eigenvalue weighted by Gasteiger charge is -2.21. The van der Waals surface area contributed by atoms with Crippen LogP contribution < -0.4 is 15.4 Å². The van der Waals surface area contributed by atoms with Crippen LogP contribution in [0.5, 0.6) is 5.75 Å². The quantitative estimate of drug-likeness (QED) is 0.861. The van der Waals surface area contributed by atoms with E-state index in [0.717, 1.165) is 41.8 Å². The van der Waals surface area contributed by atoms with Gasteiger partial charge in [0, 0.05) is 11.1 Å². The number of hydrogen-bond donors (Lipinski definition) is 2. The van der Waals surface area contributed by atoms with Crippen LogP contribution in [0, 0.1) is 5.92 Å². The Hall–Kier alpha value is -0.770. The molecule has 2 rings (SSSR count). The molecule has 2 atom stereocenters. The summed E-state index contributed by atoms with van der Waals surface area (Å²) >= 11 is 6.33. The van der Waals surface area contributed by atoms with Gasteiger partial charge in [-0.3, -0.25) is 0 Å². The summed E-state index contributed by atoms with van der Waals surface area (Å²) in [5.41, 5.74) is 1.16. The van der Waals surface area contributed by atoms with E-state index in [4.69, 9.17) is 16.3 Å². The zero-order valence-corrected chi connectivity index (χ0v) is 11.8. The molecule has 18 heavy (non-hydrogen) atoms. The highest BCUT2D eigenvalue weighted by Crippen LogP contribution is 2.31. The summed E-state index contributed by atoms with van der Waals surface area (Å²) in [4.78, 5) is 0. The molecule has 100 valence electrons. The third-order valence-corrected chi connectivity index (χ3v) is 3.99. The van der Waals surface area contributed by atoms with Crippen LogP contribution in [0.4, 0.5) is 0 Å². The summed E-state index contributed by atoms with van der Waals surface area (Å²) in [6.45, 7) is 2.25. The fraction of sp³-hybridized carbons (Fsp3) is 0.571. The minimum absolute atomic E-state index is 0.313. The summed E-state index contributed by atoms with van der Waals surface area (Å²) in [5, 5.41) is 7.55. The minimum atomic E-state index is 0.313. The Morgan fingerprint density at radius 2 is 2.39 bits per heavy atom. The normalized spacial score (nSPS) is 20.9. The van der Waals surface area contributed by atoms with Crippen molar-refractivity contribution in [1.82, 2.24) is 10.6 Å². The van der Waals surface area contributed by atoms with Gasteiger partial charge < -0.3 is 15.4 Å².